The predicted octanol–water partition coefficient (Wildman–Crippen LogP) is 2.24. The van der Waals surface area contributed by atoms with Gasteiger partial charge in [0.05, 0.1) is 12.1 Å². The van der Waals surface area contributed by atoms with Crippen molar-refractivity contribution in [2.45, 2.75) is 46.6 Å². The van der Waals surface area contributed by atoms with E-state index >= 15 is 0 Å². The molecule has 0 radical (unpaired) electrons. The second-order valence-electron chi connectivity index (χ2n) is 6.45. The summed E-state index contributed by atoms with van der Waals surface area (Å²) in [4.78, 5) is 23.6. The molecule has 2 N–H and O–H groups in total. The van der Waals surface area contributed by atoms with Crippen LogP contribution in [0.1, 0.15) is 49.7 Å². The van der Waals surface area contributed by atoms with Crippen molar-refractivity contribution in [2.24, 2.45) is 17.3 Å². The summed E-state index contributed by atoms with van der Waals surface area (Å²) in [6.07, 6.45) is 2.64. The Labute approximate surface area is 123 Å². The number of amides is 1. The molecule has 3 atom stereocenters. The summed E-state index contributed by atoms with van der Waals surface area (Å²) in [6.45, 7) is 7.61. The van der Waals surface area contributed by atoms with Crippen molar-refractivity contribution in [1.82, 2.24) is 10.5 Å². The van der Waals surface area contributed by atoms with Crippen molar-refractivity contribution in [1.29, 1.82) is 0 Å². The Bertz CT molecular complexity index is 550. The largest absolute Gasteiger partial charge is 0.481 e. The first-order valence-corrected chi connectivity index (χ1v) is 7.20. The molecule has 6 nitrogen and oxygen atoms in total. The van der Waals surface area contributed by atoms with Crippen molar-refractivity contribution < 1.29 is 19.2 Å². The summed E-state index contributed by atoms with van der Waals surface area (Å²) >= 11 is 0. The number of carboxylic acid groups (broad SMARTS) is 1. The summed E-state index contributed by atoms with van der Waals surface area (Å²) in [5.74, 6) is -0.797. The van der Waals surface area contributed by atoms with Crippen LogP contribution in [-0.2, 0) is 4.79 Å². The molecule has 1 aromatic heterocycles. The van der Waals surface area contributed by atoms with Crippen LogP contribution in [0.15, 0.2) is 10.7 Å². The number of nitrogens with zero attached hydrogens (tertiary/aromatic N) is 1. The van der Waals surface area contributed by atoms with Crippen LogP contribution in [0.25, 0.3) is 0 Å². The van der Waals surface area contributed by atoms with Crippen LogP contribution in [0, 0.1) is 24.2 Å². The number of aliphatic carboxylic acids is 1. The number of carbonyl (C=O) groups is 2. The summed E-state index contributed by atoms with van der Waals surface area (Å²) in [7, 11) is 0. The molecule has 1 amide bonds. The van der Waals surface area contributed by atoms with Gasteiger partial charge in [-0.1, -0.05) is 25.9 Å². The highest BCUT2D eigenvalue weighted by Gasteiger charge is 2.46. The second kappa shape index (κ2) is 5.50. The van der Waals surface area contributed by atoms with E-state index in [1.54, 1.807) is 6.92 Å². The molecule has 21 heavy (non-hydrogen) atoms. The normalized spacial score (nSPS) is 28.1. The van der Waals surface area contributed by atoms with Crippen LogP contribution >= 0.6 is 0 Å². The Balaban J connectivity index is 2.11. The molecule has 1 aromatic rings. The van der Waals surface area contributed by atoms with Crippen molar-refractivity contribution in [3.8, 4) is 0 Å². The van der Waals surface area contributed by atoms with Gasteiger partial charge in [-0.2, -0.15) is 0 Å². The van der Waals surface area contributed by atoms with Crippen LogP contribution in [0.2, 0.25) is 0 Å². The van der Waals surface area contributed by atoms with Crippen molar-refractivity contribution in [3.05, 3.63) is 17.5 Å². The Kier molecular flexibility index (Phi) is 4.07. The van der Waals surface area contributed by atoms with E-state index in [1.165, 1.54) is 6.20 Å². The van der Waals surface area contributed by atoms with Gasteiger partial charge >= 0.3 is 5.97 Å². The third-order valence-corrected chi connectivity index (χ3v) is 5.05. The SMILES string of the molecule is Cc1oncc1C(=O)NC1CCC(C(=O)O)C(C)(C)C1C. The van der Waals surface area contributed by atoms with Crippen LogP contribution in [0.5, 0.6) is 0 Å². The first-order chi connectivity index (χ1) is 9.75. The number of carbonyl (C=O) groups excluding carboxylic acids is 1. The van der Waals surface area contributed by atoms with E-state index in [9.17, 15) is 14.7 Å². The lowest BCUT2D eigenvalue weighted by Crippen LogP contribution is -2.52. The van der Waals surface area contributed by atoms with Crippen LogP contribution in [0.3, 0.4) is 0 Å². The zero-order chi connectivity index (χ0) is 15.8. The van der Waals surface area contributed by atoms with Gasteiger partial charge < -0.3 is 14.9 Å². The van der Waals surface area contributed by atoms with E-state index in [0.29, 0.717) is 24.2 Å². The number of hydrogen-bond acceptors (Lipinski definition) is 4. The molecule has 1 heterocycles. The molecule has 3 unspecified atom stereocenters. The average molecular weight is 294 g/mol. The summed E-state index contributed by atoms with van der Waals surface area (Å²) < 4.78 is 4.90. The minimum Gasteiger partial charge on any atom is -0.481 e. The lowest BCUT2D eigenvalue weighted by molar-refractivity contribution is -0.150. The summed E-state index contributed by atoms with van der Waals surface area (Å²) in [6, 6.07) is -0.0441. The fourth-order valence-electron chi connectivity index (χ4n) is 3.21. The fourth-order valence-corrected chi connectivity index (χ4v) is 3.21. The molecule has 0 spiro atoms. The molecule has 1 aliphatic carbocycles. The smallest absolute Gasteiger partial charge is 0.307 e. The number of nitrogens with one attached hydrogen (secondary N) is 1. The summed E-state index contributed by atoms with van der Waals surface area (Å²) in [5.41, 5.74) is 0.0616. The third-order valence-electron chi connectivity index (χ3n) is 5.05. The lowest BCUT2D eigenvalue weighted by Gasteiger charge is -2.46. The van der Waals surface area contributed by atoms with Gasteiger partial charge in [-0.15, -0.1) is 0 Å². The molecule has 0 aromatic carbocycles. The Morgan fingerprint density at radius 2 is 2.10 bits per heavy atom. The van der Waals surface area contributed by atoms with Gasteiger partial charge in [0.15, 0.2) is 0 Å². The lowest BCUT2D eigenvalue weighted by atomic mass is 9.61. The number of hydrogen-bond donors (Lipinski definition) is 2. The monoisotopic (exact) mass is 294 g/mol. The van der Waals surface area contributed by atoms with E-state index in [1.807, 2.05) is 20.8 Å². The van der Waals surface area contributed by atoms with E-state index in [2.05, 4.69) is 10.5 Å². The molecule has 6 heteroatoms. The maximum atomic E-state index is 12.2. The molecule has 0 saturated heterocycles. The van der Waals surface area contributed by atoms with E-state index < -0.39 is 5.97 Å². The van der Waals surface area contributed by atoms with Crippen molar-refractivity contribution in [3.63, 3.8) is 0 Å². The van der Waals surface area contributed by atoms with Crippen molar-refractivity contribution >= 4 is 11.9 Å². The van der Waals surface area contributed by atoms with Gasteiger partial charge in [0.1, 0.15) is 11.3 Å². The molecular formula is C15H22N2O4. The second-order valence-corrected chi connectivity index (χ2v) is 6.45. The predicted molar refractivity (Wildman–Crippen MR) is 75.8 cm³/mol. The van der Waals surface area contributed by atoms with E-state index in [4.69, 9.17) is 4.52 Å². The molecule has 116 valence electrons. The van der Waals surface area contributed by atoms with Gasteiger partial charge in [0, 0.05) is 6.04 Å². The standard InChI is InChI=1S/C15H22N2O4/c1-8-12(6-5-11(14(19)20)15(8,3)4)17-13(18)10-7-16-21-9(10)2/h7-8,11-12H,5-6H2,1-4H3,(H,17,18)(H,19,20). The van der Waals surface area contributed by atoms with Gasteiger partial charge in [-0.05, 0) is 31.1 Å². The number of aromatic nitrogens is 1. The molecular weight excluding hydrogens is 272 g/mol. The quantitative estimate of drug-likeness (QED) is 0.892. The highest BCUT2D eigenvalue weighted by atomic mass is 16.5. The van der Waals surface area contributed by atoms with Crippen molar-refractivity contribution in [2.75, 3.05) is 0 Å². The minimum atomic E-state index is -0.758. The van der Waals surface area contributed by atoms with Gasteiger partial charge in [-0.3, -0.25) is 9.59 Å². The van der Waals surface area contributed by atoms with Gasteiger partial charge in [0.25, 0.3) is 5.91 Å². The number of rotatable bonds is 3. The van der Waals surface area contributed by atoms with Crippen LogP contribution in [-0.4, -0.2) is 28.2 Å². The number of carboxylic acids is 1. The molecule has 1 fully saturated rings. The van der Waals surface area contributed by atoms with E-state index in [-0.39, 0.29) is 29.2 Å². The third kappa shape index (κ3) is 2.80. The van der Waals surface area contributed by atoms with Crippen LogP contribution < -0.4 is 5.32 Å². The molecule has 1 saturated carbocycles. The highest BCUT2D eigenvalue weighted by molar-refractivity contribution is 5.94. The highest BCUT2D eigenvalue weighted by Crippen LogP contribution is 2.45. The van der Waals surface area contributed by atoms with E-state index in [0.717, 1.165) is 0 Å². The number of aryl methyl sites for hydroxylation is 1. The molecule has 1 aliphatic rings. The maximum Gasteiger partial charge on any atom is 0.307 e. The zero-order valence-corrected chi connectivity index (χ0v) is 12.8. The molecule has 0 aliphatic heterocycles. The first kappa shape index (κ1) is 15.5. The van der Waals surface area contributed by atoms with Gasteiger partial charge in [-0.25, -0.2) is 0 Å². The van der Waals surface area contributed by atoms with Gasteiger partial charge in [0.2, 0.25) is 0 Å². The Morgan fingerprint density at radius 1 is 1.43 bits per heavy atom. The zero-order valence-electron chi connectivity index (χ0n) is 12.8. The first-order valence-electron chi connectivity index (χ1n) is 7.20. The molecule has 2 rings (SSSR count). The summed E-state index contributed by atoms with van der Waals surface area (Å²) in [5, 5.41) is 15.9. The molecule has 0 bridgehead atoms. The Hall–Kier alpha value is -1.85. The van der Waals surface area contributed by atoms with Crippen LogP contribution in [0.4, 0.5) is 0 Å². The Morgan fingerprint density at radius 3 is 2.62 bits per heavy atom. The topological polar surface area (TPSA) is 92.4 Å². The fraction of sp³-hybridized carbons (Fsp3) is 0.667. The minimum absolute atomic E-state index is 0.0441. The average Bonchev–Trinajstić information content (AvgIpc) is 2.81. The maximum absolute atomic E-state index is 12.2.